The fourth-order valence-corrected chi connectivity index (χ4v) is 3.82. The molecule has 0 saturated carbocycles. The van der Waals surface area contributed by atoms with E-state index in [2.05, 4.69) is 19.9 Å². The van der Waals surface area contributed by atoms with Gasteiger partial charge in [0.15, 0.2) is 0 Å². The number of halogens is 1. The van der Waals surface area contributed by atoms with Gasteiger partial charge in [0.05, 0.1) is 18.9 Å². The molecule has 166 valence electrons. The maximum absolute atomic E-state index is 13.6. The molecule has 1 aliphatic rings. The molecule has 3 aromatic heterocycles. The van der Waals surface area contributed by atoms with Crippen molar-refractivity contribution in [3.05, 3.63) is 88.5 Å². The Morgan fingerprint density at radius 2 is 1.97 bits per heavy atom. The van der Waals surface area contributed by atoms with Crippen LogP contribution in [-0.2, 0) is 22.5 Å². The van der Waals surface area contributed by atoms with Gasteiger partial charge in [0.25, 0.3) is 0 Å². The number of aliphatic imine (C=N–C) groups is 1. The van der Waals surface area contributed by atoms with Gasteiger partial charge >= 0.3 is 0 Å². The number of rotatable bonds is 8. The van der Waals surface area contributed by atoms with Crippen LogP contribution in [0, 0.1) is 12.7 Å². The van der Waals surface area contributed by atoms with Crippen molar-refractivity contribution in [3.63, 3.8) is 0 Å². The van der Waals surface area contributed by atoms with Crippen molar-refractivity contribution < 1.29 is 13.9 Å². The van der Waals surface area contributed by atoms with Gasteiger partial charge in [-0.15, -0.1) is 0 Å². The van der Waals surface area contributed by atoms with Crippen LogP contribution in [0.3, 0.4) is 0 Å². The van der Waals surface area contributed by atoms with Gasteiger partial charge in [-0.3, -0.25) is 24.7 Å². The second-order valence-electron chi connectivity index (χ2n) is 7.65. The summed E-state index contributed by atoms with van der Waals surface area (Å²) in [4.78, 5) is 30.3. The van der Waals surface area contributed by atoms with Crippen LogP contribution in [0.4, 0.5) is 4.39 Å². The van der Waals surface area contributed by atoms with Crippen molar-refractivity contribution in [2.45, 2.75) is 32.2 Å². The number of pyridine rings is 3. The average molecular weight is 453 g/mol. The molecule has 0 N–H and O–H groups in total. The van der Waals surface area contributed by atoms with E-state index in [0.29, 0.717) is 24.5 Å². The molecule has 0 spiro atoms. The first kappa shape index (κ1) is 23.7. The zero-order valence-electron chi connectivity index (χ0n) is 18.0. The SMILES string of the molecule is COC[C@@H](CC(=O)Cc1cc2c(cn1)C(c1ccnc(C)c1)=NC2)c1cc(F)ccn1.S. The van der Waals surface area contributed by atoms with Gasteiger partial charge in [0.1, 0.15) is 11.6 Å². The molecule has 6 nitrogen and oxygen atoms in total. The van der Waals surface area contributed by atoms with Crippen molar-refractivity contribution in [1.29, 1.82) is 0 Å². The number of ketones is 1. The number of aromatic nitrogens is 3. The highest BCUT2D eigenvalue weighted by Gasteiger charge is 2.21. The van der Waals surface area contributed by atoms with Crippen molar-refractivity contribution in [2.24, 2.45) is 4.99 Å². The van der Waals surface area contributed by atoms with E-state index in [9.17, 15) is 9.18 Å². The Kier molecular flexibility index (Phi) is 7.82. The molecular formula is C24H25FN4O2S. The van der Waals surface area contributed by atoms with E-state index in [1.165, 1.54) is 18.3 Å². The molecule has 0 amide bonds. The summed E-state index contributed by atoms with van der Waals surface area (Å²) in [6.45, 7) is 2.81. The van der Waals surface area contributed by atoms with Crippen molar-refractivity contribution in [1.82, 2.24) is 15.0 Å². The van der Waals surface area contributed by atoms with E-state index in [1.807, 2.05) is 25.1 Å². The van der Waals surface area contributed by atoms with E-state index in [1.54, 1.807) is 19.5 Å². The predicted octanol–water partition coefficient (Wildman–Crippen LogP) is 3.71. The summed E-state index contributed by atoms with van der Waals surface area (Å²) in [5.41, 5.74) is 6.12. The molecule has 0 unspecified atom stereocenters. The van der Waals surface area contributed by atoms with Crippen LogP contribution in [0.2, 0.25) is 0 Å². The molecule has 1 aliphatic heterocycles. The molecule has 0 saturated heterocycles. The van der Waals surface area contributed by atoms with Crippen LogP contribution in [0.1, 0.15) is 46.1 Å². The summed E-state index contributed by atoms with van der Waals surface area (Å²) in [7, 11) is 1.56. The number of carbonyl (C=O) groups excluding carboxylic acids is 1. The first-order chi connectivity index (χ1) is 15.0. The van der Waals surface area contributed by atoms with Crippen LogP contribution >= 0.6 is 13.5 Å². The van der Waals surface area contributed by atoms with Gasteiger partial charge in [-0.2, -0.15) is 13.5 Å². The second-order valence-corrected chi connectivity index (χ2v) is 7.65. The number of hydrogen-bond acceptors (Lipinski definition) is 6. The number of fused-ring (bicyclic) bond motifs is 1. The third-order valence-electron chi connectivity index (χ3n) is 5.26. The lowest BCUT2D eigenvalue weighted by atomic mass is 9.96. The summed E-state index contributed by atoms with van der Waals surface area (Å²) in [5.74, 6) is -0.670. The molecule has 0 fully saturated rings. The van der Waals surface area contributed by atoms with Crippen LogP contribution < -0.4 is 0 Å². The van der Waals surface area contributed by atoms with E-state index in [0.717, 1.165) is 28.1 Å². The maximum Gasteiger partial charge on any atom is 0.139 e. The number of carbonyl (C=O) groups is 1. The highest BCUT2D eigenvalue weighted by molar-refractivity contribution is 7.59. The smallest absolute Gasteiger partial charge is 0.139 e. The minimum Gasteiger partial charge on any atom is -0.384 e. The largest absolute Gasteiger partial charge is 0.384 e. The van der Waals surface area contributed by atoms with E-state index in [4.69, 9.17) is 4.74 Å². The van der Waals surface area contributed by atoms with Gasteiger partial charge in [-0.25, -0.2) is 4.39 Å². The van der Waals surface area contributed by atoms with Crippen molar-refractivity contribution in [2.75, 3.05) is 13.7 Å². The van der Waals surface area contributed by atoms with Crippen LogP contribution in [-0.4, -0.2) is 40.2 Å². The fourth-order valence-electron chi connectivity index (χ4n) is 3.82. The van der Waals surface area contributed by atoms with Gasteiger partial charge in [0.2, 0.25) is 0 Å². The third-order valence-corrected chi connectivity index (χ3v) is 5.26. The van der Waals surface area contributed by atoms with E-state index in [-0.39, 0.29) is 43.9 Å². The monoisotopic (exact) mass is 452 g/mol. The highest BCUT2D eigenvalue weighted by Crippen LogP contribution is 2.24. The minimum absolute atomic E-state index is 0. The summed E-state index contributed by atoms with van der Waals surface area (Å²) >= 11 is 0. The quantitative estimate of drug-likeness (QED) is 0.521. The average Bonchev–Trinajstić information content (AvgIpc) is 3.17. The van der Waals surface area contributed by atoms with Crippen LogP contribution in [0.5, 0.6) is 0 Å². The van der Waals surface area contributed by atoms with Crippen molar-refractivity contribution >= 4 is 25.0 Å². The standard InChI is InChI=1S/C24H23FN4O2.H2S/c1-15-7-16(3-5-26-15)24-22-13-28-20(8-17(22)12-29-24)11-21(30)9-18(14-31-2)23-10-19(25)4-6-27-23;/h3-8,10,13,18H,9,11-12,14H2,1-2H3;1H2/t18-;/m1./s1. The topological polar surface area (TPSA) is 77.3 Å². The zero-order chi connectivity index (χ0) is 21.8. The van der Waals surface area contributed by atoms with Crippen LogP contribution in [0.15, 0.2) is 53.9 Å². The first-order valence-electron chi connectivity index (χ1n) is 10.1. The first-order valence-corrected chi connectivity index (χ1v) is 10.1. The Bertz CT molecular complexity index is 1150. The molecule has 32 heavy (non-hydrogen) atoms. The molecule has 0 radical (unpaired) electrons. The number of Topliss-reactive ketones (excluding diaryl/α,β-unsaturated/α-hetero) is 1. The fraction of sp³-hybridized carbons (Fsp3) is 0.292. The number of methoxy groups -OCH3 is 1. The molecule has 0 bridgehead atoms. The Labute approximate surface area is 193 Å². The Morgan fingerprint density at radius 3 is 2.72 bits per heavy atom. The molecule has 8 heteroatoms. The molecule has 1 atom stereocenters. The normalized spacial score (nSPS) is 13.2. The lowest BCUT2D eigenvalue weighted by molar-refractivity contribution is -0.119. The Balaban J connectivity index is 0.00000289. The van der Waals surface area contributed by atoms with Crippen LogP contribution in [0.25, 0.3) is 0 Å². The Morgan fingerprint density at radius 1 is 1.16 bits per heavy atom. The summed E-state index contributed by atoms with van der Waals surface area (Å²) < 4.78 is 18.8. The zero-order valence-corrected chi connectivity index (χ0v) is 19.0. The highest BCUT2D eigenvalue weighted by atomic mass is 32.1. The predicted molar refractivity (Wildman–Crippen MR) is 125 cm³/mol. The van der Waals surface area contributed by atoms with Gasteiger partial charge in [-0.05, 0) is 42.8 Å². The summed E-state index contributed by atoms with van der Waals surface area (Å²) in [5, 5.41) is 0. The number of aryl methyl sites for hydroxylation is 1. The lowest BCUT2D eigenvalue weighted by Crippen LogP contribution is -2.16. The summed E-state index contributed by atoms with van der Waals surface area (Å²) in [6.07, 6.45) is 5.38. The maximum atomic E-state index is 13.6. The lowest BCUT2D eigenvalue weighted by Gasteiger charge is -2.15. The molecule has 4 heterocycles. The van der Waals surface area contributed by atoms with Gasteiger partial charge < -0.3 is 4.74 Å². The Hall–Kier alpha value is -2.97. The molecule has 3 aromatic rings. The minimum atomic E-state index is -0.376. The third kappa shape index (κ3) is 5.44. The van der Waals surface area contributed by atoms with Crippen molar-refractivity contribution in [3.8, 4) is 0 Å². The molecule has 0 aromatic carbocycles. The molecule has 4 rings (SSSR count). The molecular weight excluding hydrogens is 427 g/mol. The second kappa shape index (κ2) is 10.6. The van der Waals surface area contributed by atoms with E-state index >= 15 is 0 Å². The van der Waals surface area contributed by atoms with Gasteiger partial charge in [0, 0.05) is 72.7 Å². The summed E-state index contributed by atoms with van der Waals surface area (Å²) in [6, 6.07) is 8.53. The van der Waals surface area contributed by atoms with Gasteiger partial charge in [-0.1, -0.05) is 0 Å². The van der Waals surface area contributed by atoms with E-state index < -0.39 is 0 Å². The number of ether oxygens (including phenoxy) is 1. The molecule has 0 aliphatic carbocycles. The number of nitrogens with zero attached hydrogens (tertiary/aromatic N) is 4. The number of hydrogen-bond donors (Lipinski definition) is 0.